The lowest BCUT2D eigenvalue weighted by Crippen LogP contribution is -2.60. The van der Waals surface area contributed by atoms with Gasteiger partial charge < -0.3 is 10.0 Å². The summed E-state index contributed by atoms with van der Waals surface area (Å²) in [7, 11) is -3.87. The van der Waals surface area contributed by atoms with E-state index >= 15 is 4.39 Å². The van der Waals surface area contributed by atoms with Crippen molar-refractivity contribution in [3.63, 3.8) is 0 Å². The largest absolute Gasteiger partial charge is 0.426 e. The molecule has 2 aromatic carbocycles. The first-order valence-electron chi connectivity index (χ1n) is 11.4. The molecule has 0 radical (unpaired) electrons. The Labute approximate surface area is 209 Å². The number of sulfonamides is 1. The summed E-state index contributed by atoms with van der Waals surface area (Å²) in [4.78, 5) is 13.8. The van der Waals surface area contributed by atoms with E-state index in [0.717, 1.165) is 17.0 Å². The van der Waals surface area contributed by atoms with Crippen molar-refractivity contribution < 1.29 is 44.7 Å². The number of alkyl halides is 3. The molecule has 1 aliphatic heterocycles. The van der Waals surface area contributed by atoms with Crippen LogP contribution >= 0.6 is 0 Å². The first-order valence-corrected chi connectivity index (χ1v) is 13.1. The van der Waals surface area contributed by atoms with Gasteiger partial charge in [0.15, 0.2) is 0 Å². The zero-order valence-corrected chi connectivity index (χ0v) is 20.5. The molecule has 2 fully saturated rings. The van der Waals surface area contributed by atoms with Gasteiger partial charge in [0.2, 0.25) is 15.6 Å². The first kappa shape index (κ1) is 27.4. The van der Waals surface area contributed by atoms with Crippen molar-refractivity contribution >= 4 is 15.9 Å². The minimum atomic E-state index is -5.31. The van der Waals surface area contributed by atoms with E-state index in [9.17, 15) is 40.3 Å². The van der Waals surface area contributed by atoms with Crippen molar-refractivity contribution in [1.29, 1.82) is 0 Å². The Morgan fingerprint density at radius 2 is 1.76 bits per heavy atom. The standard InChI is InChI=1S/C24H24F6N2O4S/c1-3-37(35,36)31-21-17-11-18(17)32(22(33)23(2,34)24(28,29)30)19(21)9-12-5-4-6-16(20(12)27)13-7-14(25)10-15(26)8-13/h4-8,10,17-19,21,31,34H,3,9,11H2,1-2H3/t17?,18?,19?,21?,23-/m1/s1. The first-order chi connectivity index (χ1) is 17.1. The van der Waals surface area contributed by atoms with E-state index in [0.29, 0.717) is 13.0 Å². The van der Waals surface area contributed by atoms with Gasteiger partial charge >= 0.3 is 6.18 Å². The van der Waals surface area contributed by atoms with Gasteiger partial charge in [0.05, 0.1) is 11.8 Å². The molecular formula is C24H24F6N2O4S. The Bertz CT molecular complexity index is 1310. The molecule has 202 valence electrons. The molecule has 5 atom stereocenters. The molecule has 1 amide bonds. The number of likely N-dealkylation sites (tertiary alicyclic amines) is 1. The number of nitrogens with one attached hydrogen (secondary N) is 1. The summed E-state index contributed by atoms with van der Waals surface area (Å²) >= 11 is 0. The Kier molecular flexibility index (Phi) is 6.87. The molecule has 0 aromatic heterocycles. The molecule has 2 N–H and O–H groups in total. The van der Waals surface area contributed by atoms with Crippen LogP contribution in [0, 0.1) is 23.4 Å². The van der Waals surface area contributed by atoms with Crippen molar-refractivity contribution in [3.05, 3.63) is 59.4 Å². The van der Waals surface area contributed by atoms with Gasteiger partial charge in [0.25, 0.3) is 5.91 Å². The number of benzene rings is 2. The van der Waals surface area contributed by atoms with Crippen LogP contribution in [0.4, 0.5) is 26.3 Å². The van der Waals surface area contributed by atoms with Crippen molar-refractivity contribution in [1.82, 2.24) is 9.62 Å². The Morgan fingerprint density at radius 1 is 1.14 bits per heavy atom. The van der Waals surface area contributed by atoms with Crippen LogP contribution in [0.15, 0.2) is 36.4 Å². The lowest BCUT2D eigenvalue weighted by Gasteiger charge is -2.37. The van der Waals surface area contributed by atoms with Crippen LogP contribution in [0.2, 0.25) is 0 Å². The molecular weight excluding hydrogens is 526 g/mol. The highest BCUT2D eigenvalue weighted by Gasteiger charge is 2.66. The Morgan fingerprint density at radius 3 is 2.32 bits per heavy atom. The lowest BCUT2D eigenvalue weighted by atomic mass is 9.93. The molecule has 13 heteroatoms. The Hall–Kier alpha value is -2.64. The van der Waals surface area contributed by atoms with E-state index in [-0.39, 0.29) is 28.9 Å². The van der Waals surface area contributed by atoms with Crippen LogP contribution in [0.1, 0.15) is 25.8 Å². The molecule has 0 bridgehead atoms. The summed E-state index contributed by atoms with van der Waals surface area (Å²) in [5.74, 6) is -5.36. The molecule has 2 aliphatic rings. The van der Waals surface area contributed by atoms with Crippen molar-refractivity contribution in [3.8, 4) is 11.1 Å². The summed E-state index contributed by atoms with van der Waals surface area (Å²) in [5, 5.41) is 10.1. The number of fused-ring (bicyclic) bond motifs is 1. The normalized spacial score (nSPS) is 25.1. The van der Waals surface area contributed by atoms with Crippen LogP contribution in [0.3, 0.4) is 0 Å². The van der Waals surface area contributed by atoms with Crippen LogP contribution < -0.4 is 4.72 Å². The molecule has 37 heavy (non-hydrogen) atoms. The topological polar surface area (TPSA) is 86.7 Å². The molecule has 1 heterocycles. The van der Waals surface area contributed by atoms with Crippen LogP contribution in [0.25, 0.3) is 11.1 Å². The summed E-state index contributed by atoms with van der Waals surface area (Å²) in [5.41, 5.74) is -4.18. The third kappa shape index (κ3) is 5.08. The van der Waals surface area contributed by atoms with E-state index in [1.54, 1.807) is 0 Å². The fourth-order valence-electron chi connectivity index (χ4n) is 4.86. The van der Waals surface area contributed by atoms with E-state index in [2.05, 4.69) is 4.72 Å². The van der Waals surface area contributed by atoms with Crippen molar-refractivity contribution in [2.75, 3.05) is 5.75 Å². The minimum Gasteiger partial charge on any atom is -0.373 e. The highest BCUT2D eigenvalue weighted by Crippen LogP contribution is 2.51. The van der Waals surface area contributed by atoms with Gasteiger partial charge in [-0.05, 0) is 55.9 Å². The molecule has 2 aromatic rings. The molecule has 4 rings (SSSR count). The van der Waals surface area contributed by atoms with Gasteiger partial charge in [-0.25, -0.2) is 26.3 Å². The van der Waals surface area contributed by atoms with Gasteiger partial charge in [0.1, 0.15) is 17.5 Å². The third-order valence-corrected chi connectivity index (χ3v) is 8.37. The molecule has 1 saturated carbocycles. The maximum absolute atomic E-state index is 15.5. The second kappa shape index (κ2) is 9.28. The van der Waals surface area contributed by atoms with E-state index < -0.39 is 75.6 Å². The van der Waals surface area contributed by atoms with Crippen LogP contribution in [0.5, 0.6) is 0 Å². The molecule has 1 aliphatic carbocycles. The number of hydrogen-bond donors (Lipinski definition) is 2. The molecule has 6 nitrogen and oxygen atoms in total. The van der Waals surface area contributed by atoms with E-state index in [1.165, 1.54) is 25.1 Å². The van der Waals surface area contributed by atoms with Gasteiger partial charge in [-0.3, -0.25) is 4.79 Å². The molecule has 0 spiro atoms. The minimum absolute atomic E-state index is 0.112. The predicted molar refractivity (Wildman–Crippen MR) is 121 cm³/mol. The summed E-state index contributed by atoms with van der Waals surface area (Å²) < 4.78 is 111. The predicted octanol–water partition coefficient (Wildman–Crippen LogP) is 3.53. The van der Waals surface area contributed by atoms with Crippen LogP contribution in [-0.4, -0.2) is 60.0 Å². The quantitative estimate of drug-likeness (QED) is 0.517. The number of nitrogens with zero attached hydrogens (tertiary/aromatic N) is 1. The lowest BCUT2D eigenvalue weighted by molar-refractivity contribution is -0.251. The zero-order chi connectivity index (χ0) is 27.5. The fraction of sp³-hybridized carbons (Fsp3) is 0.458. The Balaban J connectivity index is 1.75. The second-order valence-corrected chi connectivity index (χ2v) is 11.5. The zero-order valence-electron chi connectivity index (χ0n) is 19.7. The van der Waals surface area contributed by atoms with Crippen LogP contribution in [-0.2, 0) is 21.2 Å². The molecule has 4 unspecified atom stereocenters. The number of piperidine rings is 1. The monoisotopic (exact) mass is 550 g/mol. The summed E-state index contributed by atoms with van der Waals surface area (Å²) in [6.07, 6.45) is -5.52. The number of rotatable bonds is 7. The number of halogens is 6. The van der Waals surface area contributed by atoms with E-state index in [1.807, 2.05) is 0 Å². The maximum atomic E-state index is 15.5. The van der Waals surface area contributed by atoms with Crippen molar-refractivity contribution in [2.45, 2.75) is 56.6 Å². The van der Waals surface area contributed by atoms with Crippen molar-refractivity contribution in [2.24, 2.45) is 5.92 Å². The average Bonchev–Trinajstić information content (AvgIpc) is 3.51. The SMILES string of the molecule is CCS(=O)(=O)NC1C2CC2N(C(=O)[C@@](C)(O)C(F)(F)F)C1Cc1cccc(-c2cc(F)cc(F)c2)c1F. The third-order valence-electron chi connectivity index (χ3n) is 6.98. The number of carbonyl (C=O) groups is 1. The maximum Gasteiger partial charge on any atom is 0.426 e. The number of aliphatic hydroxyl groups is 1. The highest BCUT2D eigenvalue weighted by atomic mass is 32.2. The van der Waals surface area contributed by atoms with Gasteiger partial charge in [-0.15, -0.1) is 0 Å². The fourth-order valence-corrected chi connectivity index (χ4v) is 5.77. The highest BCUT2D eigenvalue weighted by molar-refractivity contribution is 7.89. The van der Waals surface area contributed by atoms with Gasteiger partial charge in [-0.1, -0.05) is 18.2 Å². The average molecular weight is 551 g/mol. The van der Waals surface area contributed by atoms with Gasteiger partial charge in [-0.2, -0.15) is 13.2 Å². The number of carbonyl (C=O) groups excluding carboxylic acids is 1. The smallest absolute Gasteiger partial charge is 0.373 e. The number of hydrogen-bond acceptors (Lipinski definition) is 4. The van der Waals surface area contributed by atoms with Gasteiger partial charge in [0, 0.05) is 23.7 Å². The number of amides is 1. The van der Waals surface area contributed by atoms with E-state index in [4.69, 9.17) is 0 Å². The second-order valence-electron chi connectivity index (χ2n) is 9.50. The molecule has 1 saturated heterocycles. The summed E-state index contributed by atoms with van der Waals surface area (Å²) in [6, 6.07) is 3.26. The summed E-state index contributed by atoms with van der Waals surface area (Å²) in [6.45, 7) is 1.67.